The summed E-state index contributed by atoms with van der Waals surface area (Å²) in [5.74, 6) is -0.743. The Morgan fingerprint density at radius 2 is 1.84 bits per heavy atom. The molecule has 11 heteroatoms. The monoisotopic (exact) mass is 541 g/mol. The number of aromatic nitrogens is 2. The van der Waals surface area contributed by atoms with E-state index in [1.54, 1.807) is 42.6 Å². The molecule has 0 bridgehead atoms. The molecule has 0 unspecified atom stereocenters. The van der Waals surface area contributed by atoms with Crippen LogP contribution in [-0.2, 0) is 6.54 Å². The number of aromatic carboxylic acids is 1. The Bertz CT molecular complexity index is 1580. The topological polar surface area (TPSA) is 106 Å². The van der Waals surface area contributed by atoms with Crippen LogP contribution < -0.4 is 14.8 Å². The van der Waals surface area contributed by atoms with Gasteiger partial charge < -0.3 is 19.9 Å². The summed E-state index contributed by atoms with van der Waals surface area (Å²) in [6, 6.07) is 14.5. The van der Waals surface area contributed by atoms with Crippen molar-refractivity contribution >= 4 is 64.5 Å². The predicted octanol–water partition coefficient (Wildman–Crippen LogP) is 5.37. The number of hydrogen-bond acceptors (Lipinski definition) is 7. The van der Waals surface area contributed by atoms with E-state index >= 15 is 4.39 Å². The van der Waals surface area contributed by atoms with Crippen LogP contribution >= 0.6 is 11.6 Å². The van der Waals surface area contributed by atoms with Crippen LogP contribution in [0.25, 0.3) is 11.3 Å². The van der Waals surface area contributed by atoms with E-state index in [-0.39, 0.29) is 58.9 Å². The summed E-state index contributed by atoms with van der Waals surface area (Å²) in [7, 11) is 2.87. The molecule has 4 aromatic rings. The molecule has 2 N–H and O–H groups in total. The minimum Gasteiger partial charge on any atom is -0.496 e. The first kappa shape index (κ1) is 27.5. The minimum atomic E-state index is -1.10. The number of anilines is 2. The summed E-state index contributed by atoms with van der Waals surface area (Å²) in [4.78, 5) is 25.2. The molecular weight excluding hydrogens is 522 g/mol. The summed E-state index contributed by atoms with van der Waals surface area (Å²) >= 11 is 6.35. The number of rotatable bonds is 6. The fourth-order valence-electron chi connectivity index (χ4n) is 4.18. The van der Waals surface area contributed by atoms with Crippen LogP contribution in [-0.4, -0.2) is 70.5 Å². The van der Waals surface area contributed by atoms with Gasteiger partial charge in [0.05, 0.1) is 37.7 Å². The second kappa shape index (κ2) is 11.5. The van der Waals surface area contributed by atoms with Gasteiger partial charge in [-0.05, 0) is 36.4 Å². The maximum absolute atomic E-state index is 15.0. The molecule has 0 amide bonds. The smallest absolute Gasteiger partial charge is 0.339 e. The average Bonchev–Trinajstić information content (AvgIpc) is 3.04. The number of ether oxygens (including phenoxy) is 2. The summed E-state index contributed by atoms with van der Waals surface area (Å²) < 4.78 is 25.7. The number of carboxylic acid groups (broad SMARTS) is 1. The first-order valence-corrected chi connectivity index (χ1v) is 11.5. The zero-order valence-electron chi connectivity index (χ0n) is 20.8. The molecule has 1 radical (unpaired) electrons. The Hall–Kier alpha value is -3.50. The second-order valence-electron chi connectivity index (χ2n) is 8.08. The van der Waals surface area contributed by atoms with Crippen LogP contribution in [0.3, 0.4) is 0 Å². The van der Waals surface area contributed by atoms with Crippen molar-refractivity contribution in [1.29, 1.82) is 0 Å². The number of nitrogens with one attached hydrogen (secondary N) is 1. The SMILES string of the molecule is COc1cc(Nc2ncc3c(n2)-c2ccc(Cl)cc2C(c2c(F)cccc2OC)=NC3)ccc1C(=O)O.[Na]. The summed E-state index contributed by atoms with van der Waals surface area (Å²) in [5.41, 5.74) is 3.85. The fraction of sp³-hybridized carbons (Fsp3) is 0.111. The molecule has 0 spiro atoms. The van der Waals surface area contributed by atoms with Crippen molar-refractivity contribution in [2.45, 2.75) is 6.54 Å². The number of carboxylic acids is 1. The van der Waals surface area contributed by atoms with Crippen molar-refractivity contribution in [2.24, 2.45) is 4.99 Å². The Kier molecular flexibility index (Phi) is 8.32. The number of hydrogen-bond donors (Lipinski definition) is 2. The van der Waals surface area contributed by atoms with Crippen LogP contribution in [0.5, 0.6) is 11.5 Å². The normalized spacial score (nSPS) is 11.7. The second-order valence-corrected chi connectivity index (χ2v) is 8.52. The molecule has 8 nitrogen and oxygen atoms in total. The molecule has 0 atom stereocenters. The molecule has 1 aliphatic rings. The van der Waals surface area contributed by atoms with Gasteiger partial charge in [-0.15, -0.1) is 0 Å². The van der Waals surface area contributed by atoms with Crippen LogP contribution in [0.1, 0.15) is 27.0 Å². The third kappa shape index (κ3) is 5.23. The van der Waals surface area contributed by atoms with Crippen molar-refractivity contribution in [3.8, 4) is 22.8 Å². The maximum Gasteiger partial charge on any atom is 0.339 e. The van der Waals surface area contributed by atoms with E-state index < -0.39 is 11.8 Å². The van der Waals surface area contributed by atoms with Crippen molar-refractivity contribution in [1.82, 2.24) is 9.97 Å². The Balaban J connectivity index is 0.00000336. The van der Waals surface area contributed by atoms with Crippen molar-refractivity contribution in [3.63, 3.8) is 0 Å². The maximum atomic E-state index is 15.0. The number of aliphatic imine (C=N–C) groups is 1. The van der Waals surface area contributed by atoms with E-state index in [1.165, 1.54) is 26.4 Å². The van der Waals surface area contributed by atoms with Gasteiger partial charge in [0, 0.05) is 69.2 Å². The first-order chi connectivity index (χ1) is 17.9. The standard InChI is InChI=1S/C27H20ClFN4O4.Na/c1-36-21-5-3-4-20(29)23(21)25-19-10-15(28)6-8-17(19)24-14(12-30-25)13-31-27(33-24)32-16-7-9-18(26(34)35)22(11-16)37-2;/h3-11,13H,12H2,1-2H3,(H,34,35)(H,31,32,33);. The number of carbonyl (C=O) groups is 1. The zero-order valence-corrected chi connectivity index (χ0v) is 23.5. The largest absolute Gasteiger partial charge is 0.496 e. The molecule has 3 aromatic carbocycles. The van der Waals surface area contributed by atoms with Gasteiger partial charge in [0.1, 0.15) is 22.9 Å². The molecule has 5 rings (SSSR count). The molecule has 38 heavy (non-hydrogen) atoms. The molecule has 2 heterocycles. The molecule has 0 fully saturated rings. The average molecular weight is 542 g/mol. The number of benzene rings is 3. The van der Waals surface area contributed by atoms with Crippen molar-refractivity contribution < 1.29 is 23.8 Å². The van der Waals surface area contributed by atoms with E-state index in [9.17, 15) is 9.90 Å². The van der Waals surface area contributed by atoms with E-state index in [4.69, 9.17) is 31.1 Å². The molecule has 0 saturated carbocycles. The third-order valence-corrected chi connectivity index (χ3v) is 6.12. The molecular formula is C27H20ClFN4NaO4. The van der Waals surface area contributed by atoms with Crippen LogP contribution in [0.4, 0.5) is 16.0 Å². The first-order valence-electron chi connectivity index (χ1n) is 11.1. The molecule has 0 saturated heterocycles. The third-order valence-electron chi connectivity index (χ3n) is 5.88. The summed E-state index contributed by atoms with van der Waals surface area (Å²) in [5, 5.41) is 12.9. The number of halogens is 2. The molecule has 1 aromatic heterocycles. The van der Waals surface area contributed by atoms with Gasteiger partial charge in [0.2, 0.25) is 5.95 Å². The number of nitrogens with zero attached hydrogens (tertiary/aromatic N) is 3. The van der Waals surface area contributed by atoms with Crippen molar-refractivity contribution in [3.05, 3.63) is 93.9 Å². The Morgan fingerprint density at radius 3 is 2.58 bits per heavy atom. The molecule has 187 valence electrons. The summed E-state index contributed by atoms with van der Waals surface area (Å²) in [6.07, 6.45) is 1.65. The van der Waals surface area contributed by atoms with Gasteiger partial charge in [0.25, 0.3) is 0 Å². The van der Waals surface area contributed by atoms with E-state index in [0.717, 1.165) is 5.56 Å². The molecule has 1 aliphatic heterocycles. The fourth-order valence-corrected chi connectivity index (χ4v) is 4.35. The molecule has 0 aliphatic carbocycles. The van der Waals surface area contributed by atoms with Gasteiger partial charge in [-0.3, -0.25) is 4.99 Å². The van der Waals surface area contributed by atoms with E-state index in [1.807, 2.05) is 6.07 Å². The quantitative estimate of drug-likeness (QED) is 0.316. The number of methoxy groups -OCH3 is 2. The van der Waals surface area contributed by atoms with Crippen LogP contribution in [0.2, 0.25) is 5.02 Å². The Morgan fingerprint density at radius 1 is 1.05 bits per heavy atom. The zero-order chi connectivity index (χ0) is 26.1. The van der Waals surface area contributed by atoms with Gasteiger partial charge in [0.15, 0.2) is 0 Å². The van der Waals surface area contributed by atoms with Crippen molar-refractivity contribution in [2.75, 3.05) is 19.5 Å². The van der Waals surface area contributed by atoms with Gasteiger partial charge >= 0.3 is 5.97 Å². The van der Waals surface area contributed by atoms with E-state index in [0.29, 0.717) is 39.0 Å². The predicted molar refractivity (Wildman–Crippen MR) is 144 cm³/mol. The van der Waals surface area contributed by atoms with Crippen LogP contribution in [0, 0.1) is 5.82 Å². The Labute approximate surface area is 244 Å². The summed E-state index contributed by atoms with van der Waals surface area (Å²) in [6.45, 7) is 0.204. The van der Waals surface area contributed by atoms with Crippen LogP contribution in [0.15, 0.2) is 65.8 Å². The van der Waals surface area contributed by atoms with Gasteiger partial charge in [-0.2, -0.15) is 0 Å². The van der Waals surface area contributed by atoms with Gasteiger partial charge in [-0.1, -0.05) is 23.7 Å². The minimum absolute atomic E-state index is 0. The van der Waals surface area contributed by atoms with E-state index in [2.05, 4.69) is 10.3 Å². The number of fused-ring (bicyclic) bond motifs is 3. The van der Waals surface area contributed by atoms with Gasteiger partial charge in [-0.25, -0.2) is 19.2 Å².